The average molecular weight is 761 g/mol. The number of halogens is 4. The molecular weight excluding hydrogens is 720 g/mol. The van der Waals surface area contributed by atoms with Gasteiger partial charge in [-0.05, 0) is 83.5 Å². The van der Waals surface area contributed by atoms with Crippen molar-refractivity contribution in [3.05, 3.63) is 41.5 Å². The lowest BCUT2D eigenvalue weighted by molar-refractivity contribution is 0.000868. The highest BCUT2D eigenvalue weighted by molar-refractivity contribution is 6.04. The highest BCUT2D eigenvalue weighted by Crippen LogP contribution is 2.49. The van der Waals surface area contributed by atoms with Crippen LogP contribution in [0.5, 0.6) is 17.6 Å². The monoisotopic (exact) mass is 760 g/mol. The molecule has 0 saturated carbocycles. The van der Waals surface area contributed by atoms with E-state index in [1.165, 1.54) is 24.3 Å². The van der Waals surface area contributed by atoms with Gasteiger partial charge >= 0.3 is 12.1 Å². The van der Waals surface area contributed by atoms with Crippen LogP contribution >= 0.6 is 0 Å². The topological polar surface area (TPSA) is 113 Å². The molecule has 1 N–H and O–H groups in total. The van der Waals surface area contributed by atoms with Crippen molar-refractivity contribution >= 4 is 33.6 Å². The van der Waals surface area contributed by atoms with Crippen molar-refractivity contribution in [2.24, 2.45) is 0 Å². The van der Waals surface area contributed by atoms with Crippen LogP contribution in [0, 0.1) is 24.0 Å². The maximum Gasteiger partial charge on any atom is 0.410 e. The minimum Gasteiger partial charge on any atom is -0.508 e. The van der Waals surface area contributed by atoms with Gasteiger partial charge in [-0.25, -0.2) is 27.3 Å². The van der Waals surface area contributed by atoms with Crippen LogP contribution in [-0.4, -0.2) is 103 Å². The Kier molecular flexibility index (Phi) is 7.89. The van der Waals surface area contributed by atoms with Crippen LogP contribution in [0.25, 0.3) is 32.9 Å². The van der Waals surface area contributed by atoms with Gasteiger partial charge in [0.2, 0.25) is 5.88 Å². The lowest BCUT2D eigenvalue weighted by Crippen LogP contribution is -2.65. The van der Waals surface area contributed by atoms with E-state index in [0.29, 0.717) is 37.7 Å². The van der Waals surface area contributed by atoms with Gasteiger partial charge in [-0.2, -0.15) is 9.97 Å². The molecule has 4 saturated heterocycles. The number of terminal acetylenes is 1. The lowest BCUT2D eigenvalue weighted by atomic mass is 9.94. The van der Waals surface area contributed by atoms with Gasteiger partial charge in [-0.3, -0.25) is 9.80 Å². The van der Waals surface area contributed by atoms with Crippen LogP contribution in [0.15, 0.2) is 24.3 Å². The summed E-state index contributed by atoms with van der Waals surface area (Å²) in [5, 5.41) is 11.4. The third-order valence-electron chi connectivity index (χ3n) is 11.7. The van der Waals surface area contributed by atoms with Gasteiger partial charge < -0.3 is 24.2 Å². The van der Waals surface area contributed by atoms with E-state index in [2.05, 4.69) is 15.9 Å². The zero-order valence-electron chi connectivity index (χ0n) is 30.8. The molecule has 2 aromatic heterocycles. The molecule has 7 heterocycles. The number of benzene rings is 2. The van der Waals surface area contributed by atoms with Crippen LogP contribution in [0.1, 0.15) is 65.4 Å². The molecule has 0 aliphatic carbocycles. The van der Waals surface area contributed by atoms with Gasteiger partial charge in [0.25, 0.3) is 5.92 Å². The molecule has 2 bridgehead atoms. The highest BCUT2D eigenvalue weighted by atomic mass is 19.3. The molecule has 0 radical (unpaired) electrons. The predicted molar refractivity (Wildman–Crippen MR) is 194 cm³/mol. The number of alkyl halides is 2. The molecule has 11 nitrogen and oxygen atoms in total. The second-order valence-corrected chi connectivity index (χ2v) is 16.5. The highest BCUT2D eigenvalue weighted by Gasteiger charge is 2.57. The van der Waals surface area contributed by atoms with Crippen molar-refractivity contribution in [3.8, 4) is 41.2 Å². The molecule has 5 atom stereocenters. The smallest absolute Gasteiger partial charge is 0.410 e. The first kappa shape index (κ1) is 35.6. The number of phenols is 1. The minimum absolute atomic E-state index is 0.00258. The Morgan fingerprint density at radius 2 is 1.95 bits per heavy atom. The Morgan fingerprint density at radius 3 is 2.71 bits per heavy atom. The second kappa shape index (κ2) is 12.2. The normalized spacial score (nSPS) is 26.7. The fraction of sp³-hybridized carbons (Fsp3) is 0.500. The number of fused-ring (bicyclic) bond motifs is 7. The summed E-state index contributed by atoms with van der Waals surface area (Å²) in [5.74, 6) is -2.19. The predicted octanol–water partition coefficient (Wildman–Crippen LogP) is 6.80. The second-order valence-electron chi connectivity index (χ2n) is 16.5. The number of carbonyl (C=O) groups excluding carboxylic acids is 1. The van der Waals surface area contributed by atoms with Crippen LogP contribution in [0.4, 0.5) is 28.2 Å². The fourth-order valence-electron chi connectivity index (χ4n) is 9.69. The van der Waals surface area contributed by atoms with Gasteiger partial charge in [-0.15, -0.1) is 6.42 Å². The van der Waals surface area contributed by atoms with Crippen molar-refractivity contribution in [2.45, 2.75) is 101 Å². The number of carbonyl (C=O) groups is 1. The number of hydrogen-bond donors (Lipinski definition) is 1. The molecule has 2 aromatic carbocycles. The Morgan fingerprint density at radius 1 is 1.15 bits per heavy atom. The van der Waals surface area contributed by atoms with Gasteiger partial charge in [0, 0.05) is 23.9 Å². The third-order valence-corrected chi connectivity index (χ3v) is 11.7. The minimum atomic E-state index is -2.88. The largest absolute Gasteiger partial charge is 0.508 e. The van der Waals surface area contributed by atoms with Crippen molar-refractivity contribution in [1.82, 2.24) is 24.8 Å². The van der Waals surface area contributed by atoms with Crippen molar-refractivity contribution in [1.29, 1.82) is 0 Å². The zero-order chi connectivity index (χ0) is 38.8. The van der Waals surface area contributed by atoms with Gasteiger partial charge in [0.05, 0.1) is 35.8 Å². The Balaban J connectivity index is 1.22. The van der Waals surface area contributed by atoms with Crippen molar-refractivity contribution in [3.63, 3.8) is 0 Å². The van der Waals surface area contributed by atoms with Crippen LogP contribution in [0.2, 0.25) is 0 Å². The van der Waals surface area contributed by atoms with E-state index in [1.54, 1.807) is 9.80 Å². The van der Waals surface area contributed by atoms with Crippen LogP contribution in [0.3, 0.4) is 0 Å². The molecule has 9 rings (SSSR count). The van der Waals surface area contributed by atoms with Crippen LogP contribution in [-0.2, 0) is 4.74 Å². The Hall–Kier alpha value is -5.10. The summed E-state index contributed by atoms with van der Waals surface area (Å²) in [6, 6.07) is 3.86. The van der Waals surface area contributed by atoms with E-state index in [0.717, 1.165) is 6.42 Å². The summed E-state index contributed by atoms with van der Waals surface area (Å²) in [4.78, 5) is 33.2. The van der Waals surface area contributed by atoms with E-state index >= 15 is 8.78 Å². The lowest BCUT2D eigenvalue weighted by Gasteiger charge is -2.48. The molecule has 0 spiro atoms. The van der Waals surface area contributed by atoms with Crippen molar-refractivity contribution in [2.75, 3.05) is 31.1 Å². The van der Waals surface area contributed by atoms with Gasteiger partial charge in [0.1, 0.15) is 52.3 Å². The number of amides is 1. The van der Waals surface area contributed by atoms with E-state index in [-0.39, 0.29) is 88.2 Å². The van der Waals surface area contributed by atoms with E-state index < -0.39 is 46.9 Å². The molecule has 55 heavy (non-hydrogen) atoms. The standard InChI is InChI=1S/C40H40F4N6O5/c1-6-24-26(41)10-8-21-14-23(51)15-25(28(21)24)31-30(42)32-29-34(47-36(46-32)53-19-39-12-7-13-48(39)18-40(43,44)17-39)49-16-22-9-11-27(33(49)20(2)54-35(29)45-31)50(22)37(52)55-38(3,4)5/h1,8,10,14-15,20,22,27,33,51H,7,9,11-13,16-19H2,2-5H3/t20-,22+,27-,33+,39?/m0/s1. The number of rotatable bonds is 4. The average Bonchev–Trinajstić information content (AvgIpc) is 3.69. The molecule has 5 aliphatic heterocycles. The van der Waals surface area contributed by atoms with E-state index in [1.807, 2.05) is 32.6 Å². The summed E-state index contributed by atoms with van der Waals surface area (Å²) in [5.41, 5.74) is -2.36. The molecule has 1 amide bonds. The maximum absolute atomic E-state index is 17.4. The SMILES string of the molecule is C#Cc1c(F)ccc2cc(O)cc(-c3nc4c5c(nc(OCC67CCCN6CC(F)(F)C7)nc5c3F)N3C[C@H]5CC[C@@H]([C@H]3[C@H](C)O4)N5C(=O)OC(C)(C)C)c12. The Labute approximate surface area is 314 Å². The summed E-state index contributed by atoms with van der Waals surface area (Å²) in [6.07, 6.45) is 6.84. The summed E-state index contributed by atoms with van der Waals surface area (Å²) < 4.78 is 80.6. The molecule has 1 unspecified atom stereocenters. The first-order chi connectivity index (χ1) is 26.1. The molecule has 5 aliphatic rings. The Bertz CT molecular complexity index is 2330. The quantitative estimate of drug-likeness (QED) is 0.176. The maximum atomic E-state index is 17.4. The molecule has 4 fully saturated rings. The number of anilines is 1. The number of aromatic nitrogens is 3. The van der Waals surface area contributed by atoms with Gasteiger partial charge in [-0.1, -0.05) is 12.0 Å². The summed E-state index contributed by atoms with van der Waals surface area (Å²) >= 11 is 0. The first-order valence-corrected chi connectivity index (χ1v) is 18.6. The molecule has 4 aromatic rings. The number of aromatic hydroxyl groups is 1. The van der Waals surface area contributed by atoms with E-state index in [4.69, 9.17) is 25.6 Å². The van der Waals surface area contributed by atoms with Crippen molar-refractivity contribution < 1.29 is 41.7 Å². The number of ether oxygens (including phenoxy) is 3. The van der Waals surface area contributed by atoms with Gasteiger partial charge in [0.15, 0.2) is 5.82 Å². The molecular formula is C40H40F4N6O5. The third kappa shape index (κ3) is 5.66. The summed E-state index contributed by atoms with van der Waals surface area (Å²) in [6.45, 7) is 7.55. The number of hydrogen-bond acceptors (Lipinski definition) is 10. The number of piperazine rings is 1. The number of pyridine rings is 1. The number of phenolic OH excluding ortho intramolecular Hbond substituents is 1. The molecule has 15 heteroatoms. The fourth-order valence-corrected chi connectivity index (χ4v) is 9.69. The summed E-state index contributed by atoms with van der Waals surface area (Å²) in [7, 11) is 0. The van der Waals surface area contributed by atoms with E-state index in [9.17, 15) is 18.7 Å². The molecule has 288 valence electrons. The number of nitrogens with zero attached hydrogens (tertiary/aromatic N) is 6. The zero-order valence-corrected chi connectivity index (χ0v) is 30.8. The van der Waals surface area contributed by atoms with Crippen LogP contribution < -0.4 is 14.4 Å². The first-order valence-electron chi connectivity index (χ1n) is 18.6.